The number of aryl methyl sites for hydroxylation is 1. The normalized spacial score (nSPS) is 21.1. The number of nitrogens with one attached hydrogen (secondary N) is 1. The molecular formula is C13H20N2O2S. The van der Waals surface area contributed by atoms with Crippen LogP contribution in [0.3, 0.4) is 0 Å². The molecule has 2 rings (SSSR count). The first kappa shape index (κ1) is 13.5. The summed E-state index contributed by atoms with van der Waals surface area (Å²) in [6.07, 6.45) is 1.54. The maximum absolute atomic E-state index is 11.9. The minimum absolute atomic E-state index is 0.0201. The van der Waals surface area contributed by atoms with Crippen molar-refractivity contribution in [3.05, 3.63) is 29.3 Å². The van der Waals surface area contributed by atoms with Crippen LogP contribution in [0.4, 0.5) is 0 Å². The Balaban J connectivity index is 2.45. The summed E-state index contributed by atoms with van der Waals surface area (Å²) in [5, 5.41) is 3.17. The van der Waals surface area contributed by atoms with Gasteiger partial charge < -0.3 is 11.1 Å². The predicted molar refractivity (Wildman–Crippen MR) is 72.3 cm³/mol. The van der Waals surface area contributed by atoms with Gasteiger partial charge in [0.25, 0.3) is 0 Å². The molecule has 2 atom stereocenters. The molecule has 3 N–H and O–H groups in total. The first-order valence-electron chi connectivity index (χ1n) is 6.24. The summed E-state index contributed by atoms with van der Waals surface area (Å²) < 4.78 is 23.8. The standard InChI is InChI=1S/C13H20N2O2S/c1-9(14)13(15-2)11-5-6-12-10(8-11)4-3-7-18(12,16)17/h5-6,8-9,13,15H,3-4,7,14H2,1-2H3. The van der Waals surface area contributed by atoms with E-state index in [9.17, 15) is 8.42 Å². The molecule has 1 aliphatic rings. The third kappa shape index (κ3) is 2.43. The van der Waals surface area contributed by atoms with Crippen LogP contribution >= 0.6 is 0 Å². The number of benzene rings is 1. The molecule has 0 aliphatic carbocycles. The van der Waals surface area contributed by atoms with Crippen LogP contribution in [0, 0.1) is 0 Å². The number of sulfone groups is 1. The zero-order valence-corrected chi connectivity index (χ0v) is 11.6. The van der Waals surface area contributed by atoms with Crippen molar-refractivity contribution in [1.29, 1.82) is 0 Å². The Morgan fingerprint density at radius 3 is 2.72 bits per heavy atom. The lowest BCUT2D eigenvalue weighted by atomic mass is 9.97. The molecule has 1 heterocycles. The molecule has 2 unspecified atom stereocenters. The van der Waals surface area contributed by atoms with Crippen LogP contribution < -0.4 is 11.1 Å². The summed E-state index contributed by atoms with van der Waals surface area (Å²) in [4.78, 5) is 0.497. The second kappa shape index (κ2) is 4.99. The number of hydrogen-bond acceptors (Lipinski definition) is 4. The van der Waals surface area contributed by atoms with Crippen molar-refractivity contribution in [3.63, 3.8) is 0 Å². The Morgan fingerprint density at radius 1 is 1.39 bits per heavy atom. The van der Waals surface area contributed by atoms with E-state index in [-0.39, 0.29) is 17.8 Å². The van der Waals surface area contributed by atoms with Gasteiger partial charge in [-0.05, 0) is 44.0 Å². The van der Waals surface area contributed by atoms with Crippen molar-refractivity contribution in [2.24, 2.45) is 5.73 Å². The molecule has 1 aromatic carbocycles. The largest absolute Gasteiger partial charge is 0.326 e. The average Bonchev–Trinajstić information content (AvgIpc) is 2.28. The molecule has 100 valence electrons. The van der Waals surface area contributed by atoms with E-state index in [2.05, 4.69) is 5.32 Å². The van der Waals surface area contributed by atoms with Gasteiger partial charge in [0.2, 0.25) is 0 Å². The Labute approximate surface area is 108 Å². The van der Waals surface area contributed by atoms with E-state index in [1.54, 1.807) is 6.07 Å². The summed E-state index contributed by atoms with van der Waals surface area (Å²) in [6.45, 7) is 1.94. The summed E-state index contributed by atoms with van der Waals surface area (Å²) in [5.74, 6) is 0.266. The van der Waals surface area contributed by atoms with Crippen LogP contribution in [0.2, 0.25) is 0 Å². The molecule has 5 heteroatoms. The van der Waals surface area contributed by atoms with E-state index < -0.39 is 9.84 Å². The van der Waals surface area contributed by atoms with Crippen LogP contribution in [0.5, 0.6) is 0 Å². The Hall–Kier alpha value is -0.910. The Morgan fingerprint density at radius 2 is 2.11 bits per heavy atom. The van der Waals surface area contributed by atoms with Crippen molar-refractivity contribution in [3.8, 4) is 0 Å². The Bertz CT molecular complexity index is 538. The number of likely N-dealkylation sites (N-methyl/N-ethyl adjacent to an activating group) is 1. The lowest BCUT2D eigenvalue weighted by Gasteiger charge is -2.23. The minimum atomic E-state index is -3.06. The lowest BCUT2D eigenvalue weighted by molar-refractivity contribution is 0.502. The number of hydrogen-bond donors (Lipinski definition) is 2. The van der Waals surface area contributed by atoms with Gasteiger partial charge in [-0.15, -0.1) is 0 Å². The highest BCUT2D eigenvalue weighted by molar-refractivity contribution is 7.91. The highest BCUT2D eigenvalue weighted by Gasteiger charge is 2.24. The molecule has 4 nitrogen and oxygen atoms in total. The molecule has 0 amide bonds. The number of nitrogens with two attached hydrogens (primary N) is 1. The third-order valence-electron chi connectivity index (χ3n) is 3.47. The first-order chi connectivity index (χ1) is 8.45. The lowest BCUT2D eigenvalue weighted by Crippen LogP contribution is -2.33. The quantitative estimate of drug-likeness (QED) is 0.858. The second-order valence-corrected chi connectivity index (χ2v) is 6.99. The predicted octanol–water partition coefficient (Wildman–Crippen LogP) is 1.01. The van der Waals surface area contributed by atoms with Gasteiger partial charge in [-0.2, -0.15) is 0 Å². The fourth-order valence-corrected chi connectivity index (χ4v) is 4.17. The Kier molecular flexibility index (Phi) is 3.75. The van der Waals surface area contributed by atoms with Gasteiger partial charge in [0.05, 0.1) is 10.6 Å². The molecule has 0 bridgehead atoms. The van der Waals surface area contributed by atoms with E-state index in [0.717, 1.165) is 17.5 Å². The topological polar surface area (TPSA) is 72.2 Å². The SMILES string of the molecule is CNC(c1ccc2c(c1)CCCS2(=O)=O)C(C)N. The van der Waals surface area contributed by atoms with Crippen LogP contribution in [-0.4, -0.2) is 27.3 Å². The number of fused-ring (bicyclic) bond motifs is 1. The van der Waals surface area contributed by atoms with E-state index in [1.807, 2.05) is 26.1 Å². The molecule has 1 aromatic rings. The second-order valence-electron chi connectivity index (χ2n) is 4.92. The van der Waals surface area contributed by atoms with Gasteiger partial charge in [0.15, 0.2) is 9.84 Å². The zero-order valence-electron chi connectivity index (χ0n) is 10.8. The fourth-order valence-electron chi connectivity index (χ4n) is 2.59. The molecule has 18 heavy (non-hydrogen) atoms. The van der Waals surface area contributed by atoms with Crippen LogP contribution in [-0.2, 0) is 16.3 Å². The summed E-state index contributed by atoms with van der Waals surface area (Å²) in [7, 11) is -1.20. The summed E-state index contributed by atoms with van der Waals surface area (Å²) >= 11 is 0. The summed E-state index contributed by atoms with van der Waals surface area (Å²) in [5.41, 5.74) is 7.92. The van der Waals surface area contributed by atoms with Crippen LogP contribution in [0.15, 0.2) is 23.1 Å². The minimum Gasteiger partial charge on any atom is -0.326 e. The molecular weight excluding hydrogens is 248 g/mol. The highest BCUT2D eigenvalue weighted by atomic mass is 32.2. The maximum Gasteiger partial charge on any atom is 0.178 e. The molecule has 0 fully saturated rings. The molecule has 0 saturated heterocycles. The average molecular weight is 268 g/mol. The molecule has 1 aliphatic heterocycles. The smallest absolute Gasteiger partial charge is 0.178 e. The van der Waals surface area contributed by atoms with Crippen LogP contribution in [0.1, 0.15) is 30.5 Å². The van der Waals surface area contributed by atoms with E-state index >= 15 is 0 Å². The van der Waals surface area contributed by atoms with Gasteiger partial charge >= 0.3 is 0 Å². The van der Waals surface area contributed by atoms with Crippen molar-refractivity contribution >= 4 is 9.84 Å². The van der Waals surface area contributed by atoms with E-state index in [0.29, 0.717) is 11.3 Å². The van der Waals surface area contributed by atoms with Gasteiger partial charge in [0.1, 0.15) is 0 Å². The molecule has 0 aromatic heterocycles. The van der Waals surface area contributed by atoms with E-state index in [1.165, 1.54) is 0 Å². The fraction of sp³-hybridized carbons (Fsp3) is 0.538. The van der Waals surface area contributed by atoms with Gasteiger partial charge in [0, 0.05) is 12.1 Å². The third-order valence-corrected chi connectivity index (χ3v) is 5.37. The zero-order chi connectivity index (χ0) is 13.3. The van der Waals surface area contributed by atoms with E-state index in [4.69, 9.17) is 5.73 Å². The van der Waals surface area contributed by atoms with Gasteiger partial charge in [-0.25, -0.2) is 8.42 Å². The number of rotatable bonds is 3. The summed E-state index contributed by atoms with van der Waals surface area (Å²) in [6, 6.07) is 5.61. The van der Waals surface area contributed by atoms with Crippen molar-refractivity contribution < 1.29 is 8.42 Å². The first-order valence-corrected chi connectivity index (χ1v) is 7.89. The monoisotopic (exact) mass is 268 g/mol. The van der Waals surface area contributed by atoms with Gasteiger partial charge in [-0.1, -0.05) is 12.1 Å². The van der Waals surface area contributed by atoms with Gasteiger partial charge in [-0.3, -0.25) is 0 Å². The highest BCUT2D eigenvalue weighted by Crippen LogP contribution is 2.28. The molecule has 0 saturated carbocycles. The molecule has 0 spiro atoms. The van der Waals surface area contributed by atoms with Crippen LogP contribution in [0.25, 0.3) is 0 Å². The molecule has 0 radical (unpaired) electrons. The van der Waals surface area contributed by atoms with Crippen molar-refractivity contribution in [1.82, 2.24) is 5.32 Å². The maximum atomic E-state index is 11.9. The van der Waals surface area contributed by atoms with Crippen molar-refractivity contribution in [2.45, 2.75) is 36.7 Å². The van der Waals surface area contributed by atoms with Crippen molar-refractivity contribution in [2.75, 3.05) is 12.8 Å².